The van der Waals surface area contributed by atoms with E-state index in [1.54, 1.807) is 46.2 Å². The van der Waals surface area contributed by atoms with E-state index in [-0.39, 0.29) is 18.5 Å². The fraction of sp³-hybridized carbons (Fsp3) is 0.182. The predicted octanol–water partition coefficient (Wildman–Crippen LogP) is 5.03. The highest BCUT2D eigenvalue weighted by Crippen LogP contribution is 2.30. The van der Waals surface area contributed by atoms with Crippen molar-refractivity contribution in [3.63, 3.8) is 0 Å². The first-order chi connectivity index (χ1) is 15.1. The number of amides is 1. The molecule has 0 radical (unpaired) electrons. The molecule has 5 rings (SSSR count). The molecule has 2 aromatic carbocycles. The van der Waals surface area contributed by atoms with E-state index in [2.05, 4.69) is 15.3 Å². The molecule has 0 bridgehead atoms. The van der Waals surface area contributed by atoms with Gasteiger partial charge in [-0.25, -0.2) is 4.68 Å². The van der Waals surface area contributed by atoms with Crippen LogP contribution in [0.25, 0.3) is 17.1 Å². The topological polar surface area (TPSA) is 77.1 Å². The van der Waals surface area contributed by atoms with E-state index >= 15 is 0 Å². The summed E-state index contributed by atoms with van der Waals surface area (Å²) in [7, 11) is 0. The van der Waals surface area contributed by atoms with E-state index < -0.39 is 0 Å². The van der Waals surface area contributed by atoms with Gasteiger partial charge in [-0.1, -0.05) is 29.3 Å². The summed E-state index contributed by atoms with van der Waals surface area (Å²) in [6.45, 7) is 0.242. The van der Waals surface area contributed by atoms with Gasteiger partial charge in [0.15, 0.2) is 0 Å². The van der Waals surface area contributed by atoms with Crippen molar-refractivity contribution < 1.29 is 9.21 Å². The van der Waals surface area contributed by atoms with Crippen LogP contribution in [0.4, 0.5) is 0 Å². The smallest absolute Gasteiger partial charge is 0.257 e. The van der Waals surface area contributed by atoms with Crippen LogP contribution in [0.3, 0.4) is 0 Å². The minimum atomic E-state index is -0.123. The molecule has 0 spiro atoms. The second-order valence-corrected chi connectivity index (χ2v) is 8.20. The molecule has 31 heavy (non-hydrogen) atoms. The van der Waals surface area contributed by atoms with Crippen LogP contribution in [0.5, 0.6) is 0 Å². The third-order valence-corrected chi connectivity index (χ3v) is 5.50. The maximum atomic E-state index is 13.2. The van der Waals surface area contributed by atoms with Gasteiger partial charge in [-0.15, -0.1) is 10.2 Å². The first-order valence-corrected chi connectivity index (χ1v) is 10.5. The SMILES string of the molecule is O=C(c1cnn(-c2cccc(Cl)c2)c1)N(Cc1nnc(-c2ccc(Cl)cc2)o1)C1CC1. The zero-order chi connectivity index (χ0) is 21.4. The Morgan fingerprint density at radius 2 is 1.90 bits per heavy atom. The van der Waals surface area contributed by atoms with E-state index in [9.17, 15) is 4.79 Å². The second kappa shape index (κ2) is 8.17. The average Bonchev–Trinajstić information content (AvgIpc) is 3.30. The van der Waals surface area contributed by atoms with Crippen LogP contribution in [-0.2, 0) is 6.54 Å². The molecule has 0 unspecified atom stereocenters. The van der Waals surface area contributed by atoms with E-state index in [4.69, 9.17) is 27.6 Å². The molecule has 1 fully saturated rings. The van der Waals surface area contributed by atoms with Crippen LogP contribution in [0.15, 0.2) is 65.3 Å². The molecule has 0 saturated heterocycles. The highest BCUT2D eigenvalue weighted by molar-refractivity contribution is 6.31. The molecule has 1 aliphatic rings. The van der Waals surface area contributed by atoms with E-state index in [1.165, 1.54) is 0 Å². The fourth-order valence-corrected chi connectivity index (χ4v) is 3.59. The van der Waals surface area contributed by atoms with Crippen molar-refractivity contribution in [2.24, 2.45) is 0 Å². The Bertz CT molecular complexity index is 1230. The quantitative estimate of drug-likeness (QED) is 0.408. The minimum absolute atomic E-state index is 0.123. The molecule has 0 atom stereocenters. The lowest BCUT2D eigenvalue weighted by Crippen LogP contribution is -2.32. The van der Waals surface area contributed by atoms with Crippen molar-refractivity contribution in [3.05, 3.63) is 82.4 Å². The lowest BCUT2D eigenvalue weighted by atomic mass is 10.2. The highest BCUT2D eigenvalue weighted by Gasteiger charge is 2.34. The van der Waals surface area contributed by atoms with Gasteiger partial charge in [0.1, 0.15) is 0 Å². The van der Waals surface area contributed by atoms with Crippen molar-refractivity contribution in [2.45, 2.75) is 25.4 Å². The number of hydrogen-bond donors (Lipinski definition) is 0. The molecule has 2 aromatic heterocycles. The summed E-state index contributed by atoms with van der Waals surface area (Å²) >= 11 is 12.0. The number of hydrogen-bond acceptors (Lipinski definition) is 5. The molecule has 0 aliphatic heterocycles. The molecule has 1 aliphatic carbocycles. The number of nitrogens with zero attached hydrogens (tertiary/aromatic N) is 5. The van der Waals surface area contributed by atoms with Gasteiger partial charge in [0.25, 0.3) is 5.91 Å². The Labute approximate surface area is 188 Å². The third kappa shape index (κ3) is 4.33. The summed E-state index contributed by atoms with van der Waals surface area (Å²) in [5.74, 6) is 0.651. The number of benzene rings is 2. The zero-order valence-electron chi connectivity index (χ0n) is 16.3. The van der Waals surface area contributed by atoms with Gasteiger partial charge >= 0.3 is 0 Å². The molecule has 0 N–H and O–H groups in total. The number of rotatable bonds is 6. The zero-order valence-corrected chi connectivity index (χ0v) is 17.8. The molecule has 2 heterocycles. The van der Waals surface area contributed by atoms with Crippen LogP contribution < -0.4 is 0 Å². The maximum Gasteiger partial charge on any atom is 0.257 e. The molecule has 156 valence electrons. The lowest BCUT2D eigenvalue weighted by Gasteiger charge is -2.19. The normalized spacial score (nSPS) is 13.4. The lowest BCUT2D eigenvalue weighted by molar-refractivity contribution is 0.0714. The standard InChI is InChI=1S/C22H17Cl2N5O2/c23-16-6-4-14(5-7-16)21-27-26-20(31-21)13-28(18-8-9-18)22(30)15-11-25-29(12-15)19-3-1-2-17(24)10-19/h1-7,10-12,18H,8-9,13H2. The van der Waals surface area contributed by atoms with Crippen molar-refractivity contribution in [3.8, 4) is 17.1 Å². The van der Waals surface area contributed by atoms with Gasteiger partial charge in [0.2, 0.25) is 11.8 Å². The van der Waals surface area contributed by atoms with Crippen molar-refractivity contribution in [1.82, 2.24) is 24.9 Å². The second-order valence-electron chi connectivity index (χ2n) is 7.33. The molecule has 9 heteroatoms. The van der Waals surface area contributed by atoms with Gasteiger partial charge in [-0.3, -0.25) is 4.79 Å². The van der Waals surface area contributed by atoms with Gasteiger partial charge < -0.3 is 9.32 Å². The third-order valence-electron chi connectivity index (χ3n) is 5.01. The number of halogens is 2. The van der Waals surface area contributed by atoms with E-state index in [1.807, 2.05) is 24.3 Å². The Morgan fingerprint density at radius 1 is 1.10 bits per heavy atom. The summed E-state index contributed by atoms with van der Waals surface area (Å²) in [4.78, 5) is 15.0. The first-order valence-electron chi connectivity index (χ1n) is 9.77. The van der Waals surface area contributed by atoms with Crippen LogP contribution >= 0.6 is 23.2 Å². The summed E-state index contributed by atoms with van der Waals surface area (Å²) < 4.78 is 7.43. The molecule has 4 aromatic rings. The van der Waals surface area contributed by atoms with E-state index in [0.29, 0.717) is 27.4 Å². The van der Waals surface area contributed by atoms with Crippen molar-refractivity contribution in [2.75, 3.05) is 0 Å². The molecule has 7 nitrogen and oxygen atoms in total. The van der Waals surface area contributed by atoms with Gasteiger partial charge in [0.05, 0.1) is 24.0 Å². The average molecular weight is 454 g/mol. The first kappa shape index (κ1) is 19.8. The monoisotopic (exact) mass is 453 g/mol. The summed E-state index contributed by atoms with van der Waals surface area (Å²) in [6.07, 6.45) is 5.17. The Kier molecular flexibility index (Phi) is 5.21. The van der Waals surface area contributed by atoms with Crippen LogP contribution in [0.2, 0.25) is 10.0 Å². The molecule has 1 saturated carbocycles. The van der Waals surface area contributed by atoms with Crippen molar-refractivity contribution in [1.29, 1.82) is 0 Å². The van der Waals surface area contributed by atoms with Crippen molar-refractivity contribution >= 4 is 29.1 Å². The Morgan fingerprint density at radius 3 is 2.65 bits per heavy atom. The minimum Gasteiger partial charge on any atom is -0.419 e. The summed E-state index contributed by atoms with van der Waals surface area (Å²) in [6, 6.07) is 14.6. The van der Waals surface area contributed by atoms with Gasteiger partial charge in [0, 0.05) is 27.8 Å². The summed E-state index contributed by atoms with van der Waals surface area (Å²) in [5, 5.41) is 13.8. The Hall–Kier alpha value is -3.16. The number of carbonyl (C=O) groups is 1. The van der Waals surface area contributed by atoms with Gasteiger partial charge in [-0.05, 0) is 55.3 Å². The highest BCUT2D eigenvalue weighted by atomic mass is 35.5. The molecular weight excluding hydrogens is 437 g/mol. The number of aromatic nitrogens is 4. The largest absolute Gasteiger partial charge is 0.419 e. The van der Waals surface area contributed by atoms with Crippen LogP contribution in [0.1, 0.15) is 29.1 Å². The molecule has 1 amide bonds. The van der Waals surface area contributed by atoms with E-state index in [0.717, 1.165) is 24.1 Å². The Balaban J connectivity index is 1.35. The van der Waals surface area contributed by atoms with Crippen LogP contribution in [0, 0.1) is 0 Å². The summed E-state index contributed by atoms with van der Waals surface area (Å²) in [5.41, 5.74) is 2.05. The van der Waals surface area contributed by atoms with Crippen LogP contribution in [-0.4, -0.2) is 36.8 Å². The number of carbonyl (C=O) groups excluding carboxylic acids is 1. The van der Waals surface area contributed by atoms with Gasteiger partial charge in [-0.2, -0.15) is 5.10 Å². The maximum absolute atomic E-state index is 13.2. The predicted molar refractivity (Wildman–Crippen MR) is 116 cm³/mol. The molecular formula is C22H17Cl2N5O2. The fourth-order valence-electron chi connectivity index (χ4n) is 3.28.